The van der Waals surface area contributed by atoms with E-state index in [1.165, 1.54) is 37.7 Å². The molecule has 166 valence electrons. The van der Waals surface area contributed by atoms with Crippen molar-refractivity contribution in [1.29, 1.82) is 0 Å². The largest absolute Gasteiger partial charge is 0.481 e. The molecule has 30 heavy (non-hydrogen) atoms. The minimum atomic E-state index is -0.880. The summed E-state index contributed by atoms with van der Waals surface area (Å²) in [6.45, 7) is 2.63. The molecule has 0 aromatic heterocycles. The van der Waals surface area contributed by atoms with Gasteiger partial charge in [0.1, 0.15) is 0 Å². The second-order valence-electron chi connectivity index (χ2n) is 7.20. The SMILES string of the molecule is CCCCCCCc1ccc(C#CC(OCCCC(=O)O)OCCCC(=O)O)cc1. The fraction of sp³-hybridized carbons (Fsp3) is 0.583. The van der Waals surface area contributed by atoms with E-state index in [1.807, 2.05) is 12.1 Å². The molecule has 0 atom stereocenters. The summed E-state index contributed by atoms with van der Waals surface area (Å²) in [5.41, 5.74) is 2.14. The Morgan fingerprint density at radius 1 is 0.867 bits per heavy atom. The lowest BCUT2D eigenvalue weighted by Crippen LogP contribution is -2.17. The third-order valence-electron chi connectivity index (χ3n) is 4.47. The van der Waals surface area contributed by atoms with Crippen LogP contribution >= 0.6 is 0 Å². The van der Waals surface area contributed by atoms with Crippen LogP contribution in [0.3, 0.4) is 0 Å². The summed E-state index contributed by atoms with van der Waals surface area (Å²) in [7, 11) is 0. The van der Waals surface area contributed by atoms with Crippen molar-refractivity contribution in [3.05, 3.63) is 35.4 Å². The molecule has 0 fully saturated rings. The fourth-order valence-corrected chi connectivity index (χ4v) is 2.79. The maximum absolute atomic E-state index is 10.6. The van der Waals surface area contributed by atoms with Gasteiger partial charge in [-0.25, -0.2) is 0 Å². The van der Waals surface area contributed by atoms with Crippen LogP contribution in [-0.2, 0) is 25.5 Å². The maximum atomic E-state index is 10.6. The van der Waals surface area contributed by atoms with E-state index in [1.54, 1.807) is 0 Å². The zero-order valence-electron chi connectivity index (χ0n) is 17.9. The highest BCUT2D eigenvalue weighted by Gasteiger charge is 2.07. The number of carboxylic acids is 2. The highest BCUT2D eigenvalue weighted by molar-refractivity contribution is 5.66. The number of hydrogen-bond acceptors (Lipinski definition) is 4. The minimum absolute atomic E-state index is 0.0130. The maximum Gasteiger partial charge on any atom is 0.303 e. The molecule has 0 amide bonds. The quantitative estimate of drug-likeness (QED) is 0.231. The van der Waals surface area contributed by atoms with Crippen LogP contribution in [0.25, 0.3) is 0 Å². The number of benzene rings is 1. The van der Waals surface area contributed by atoms with Gasteiger partial charge in [0.05, 0.1) is 13.2 Å². The van der Waals surface area contributed by atoms with Crippen molar-refractivity contribution in [3.63, 3.8) is 0 Å². The summed E-state index contributed by atoms with van der Waals surface area (Å²) >= 11 is 0. The Hall–Kier alpha value is -2.36. The van der Waals surface area contributed by atoms with Crippen molar-refractivity contribution in [2.75, 3.05) is 13.2 Å². The topological polar surface area (TPSA) is 93.1 Å². The van der Waals surface area contributed by atoms with Crippen molar-refractivity contribution in [2.45, 2.75) is 77.4 Å². The van der Waals surface area contributed by atoms with Gasteiger partial charge in [-0.3, -0.25) is 9.59 Å². The van der Waals surface area contributed by atoms with E-state index in [4.69, 9.17) is 19.7 Å². The standard InChI is InChI=1S/C24H34O6/c1-2-3-4-5-6-9-20-12-14-21(15-13-20)16-17-24(29-18-7-10-22(25)26)30-19-8-11-23(27)28/h12-15,24H,2-11,18-19H2,1H3,(H,25,26)(H,27,28). The normalized spacial score (nSPS) is 10.6. The molecule has 0 saturated heterocycles. The van der Waals surface area contributed by atoms with Crippen molar-refractivity contribution < 1.29 is 29.3 Å². The molecular weight excluding hydrogens is 384 g/mol. The zero-order chi connectivity index (χ0) is 22.0. The van der Waals surface area contributed by atoms with E-state index in [0.717, 1.165) is 12.0 Å². The lowest BCUT2D eigenvalue weighted by Gasteiger charge is -2.12. The average Bonchev–Trinajstić information content (AvgIpc) is 2.72. The number of hydrogen-bond donors (Lipinski definition) is 2. The summed E-state index contributed by atoms with van der Waals surface area (Å²) in [6.07, 6.45) is 7.30. The summed E-state index contributed by atoms with van der Waals surface area (Å²) in [5.74, 6) is 4.17. The summed E-state index contributed by atoms with van der Waals surface area (Å²) in [4.78, 5) is 21.2. The number of ether oxygens (including phenoxy) is 2. The van der Waals surface area contributed by atoms with Crippen LogP contribution in [0.5, 0.6) is 0 Å². The van der Waals surface area contributed by atoms with Crippen LogP contribution in [0.1, 0.15) is 75.8 Å². The Morgan fingerprint density at radius 2 is 1.43 bits per heavy atom. The van der Waals surface area contributed by atoms with Gasteiger partial charge in [-0.05, 0) is 49.3 Å². The fourth-order valence-electron chi connectivity index (χ4n) is 2.79. The first-order valence-corrected chi connectivity index (χ1v) is 10.8. The smallest absolute Gasteiger partial charge is 0.303 e. The first kappa shape index (κ1) is 25.7. The highest BCUT2D eigenvalue weighted by atomic mass is 16.7. The van der Waals surface area contributed by atoms with E-state index in [9.17, 15) is 9.59 Å². The third-order valence-corrected chi connectivity index (χ3v) is 4.47. The highest BCUT2D eigenvalue weighted by Crippen LogP contribution is 2.10. The molecular formula is C24H34O6. The molecule has 1 aromatic carbocycles. The minimum Gasteiger partial charge on any atom is -0.481 e. The summed E-state index contributed by atoms with van der Waals surface area (Å²) in [5, 5.41) is 17.4. The lowest BCUT2D eigenvalue weighted by molar-refractivity contribution is -0.139. The molecule has 1 rings (SSSR count). The molecule has 0 saturated carbocycles. The Labute approximate surface area is 179 Å². The molecule has 0 aliphatic heterocycles. The van der Waals surface area contributed by atoms with Gasteiger partial charge in [-0.1, -0.05) is 50.7 Å². The van der Waals surface area contributed by atoms with Gasteiger partial charge in [0.2, 0.25) is 6.29 Å². The van der Waals surface area contributed by atoms with Gasteiger partial charge >= 0.3 is 11.9 Å². The first-order valence-electron chi connectivity index (χ1n) is 10.8. The number of aliphatic carboxylic acids is 2. The van der Waals surface area contributed by atoms with Crippen LogP contribution in [0, 0.1) is 11.8 Å². The number of unbranched alkanes of at least 4 members (excludes halogenated alkanes) is 4. The second kappa shape index (κ2) is 16.4. The van der Waals surface area contributed by atoms with Gasteiger partial charge in [0.25, 0.3) is 0 Å². The van der Waals surface area contributed by atoms with Crippen molar-refractivity contribution in [3.8, 4) is 11.8 Å². The predicted molar refractivity (Wildman–Crippen MR) is 115 cm³/mol. The zero-order valence-corrected chi connectivity index (χ0v) is 17.9. The summed E-state index contributed by atoms with van der Waals surface area (Å²) in [6, 6.07) is 8.11. The Kier molecular flexibility index (Phi) is 14.1. The van der Waals surface area contributed by atoms with E-state index in [-0.39, 0.29) is 26.1 Å². The van der Waals surface area contributed by atoms with Crippen molar-refractivity contribution in [1.82, 2.24) is 0 Å². The molecule has 0 heterocycles. The Bertz CT molecular complexity index is 649. The molecule has 0 radical (unpaired) electrons. The molecule has 0 aliphatic carbocycles. The number of rotatable bonds is 16. The second-order valence-corrected chi connectivity index (χ2v) is 7.20. The van der Waals surface area contributed by atoms with Crippen molar-refractivity contribution in [2.24, 2.45) is 0 Å². The van der Waals surface area contributed by atoms with Gasteiger partial charge in [0.15, 0.2) is 0 Å². The average molecular weight is 419 g/mol. The van der Waals surface area contributed by atoms with Crippen LogP contribution in [0.15, 0.2) is 24.3 Å². The van der Waals surface area contributed by atoms with Crippen LogP contribution < -0.4 is 0 Å². The Morgan fingerprint density at radius 3 is 1.97 bits per heavy atom. The van der Waals surface area contributed by atoms with Gasteiger partial charge in [-0.2, -0.15) is 0 Å². The van der Waals surface area contributed by atoms with Crippen LogP contribution in [0.4, 0.5) is 0 Å². The molecule has 0 spiro atoms. The molecule has 0 unspecified atom stereocenters. The van der Waals surface area contributed by atoms with Gasteiger partial charge < -0.3 is 19.7 Å². The molecule has 6 nitrogen and oxygen atoms in total. The molecule has 2 N–H and O–H groups in total. The van der Waals surface area contributed by atoms with E-state index in [0.29, 0.717) is 12.8 Å². The molecule has 6 heteroatoms. The van der Waals surface area contributed by atoms with Crippen molar-refractivity contribution >= 4 is 11.9 Å². The molecule has 0 aliphatic rings. The van der Waals surface area contributed by atoms with E-state index >= 15 is 0 Å². The van der Waals surface area contributed by atoms with Crippen LogP contribution in [-0.4, -0.2) is 41.7 Å². The first-order chi connectivity index (χ1) is 14.5. The lowest BCUT2D eigenvalue weighted by atomic mass is 10.0. The van der Waals surface area contributed by atoms with Crippen LogP contribution in [0.2, 0.25) is 0 Å². The van der Waals surface area contributed by atoms with Gasteiger partial charge in [-0.15, -0.1) is 0 Å². The summed E-state index contributed by atoms with van der Waals surface area (Å²) < 4.78 is 11.0. The van der Waals surface area contributed by atoms with E-state index in [2.05, 4.69) is 30.9 Å². The van der Waals surface area contributed by atoms with E-state index < -0.39 is 18.2 Å². The number of carbonyl (C=O) groups is 2. The monoisotopic (exact) mass is 418 g/mol. The number of aryl methyl sites for hydroxylation is 1. The number of carboxylic acid groups (broad SMARTS) is 2. The molecule has 1 aromatic rings. The third kappa shape index (κ3) is 13.8. The predicted octanol–water partition coefficient (Wildman–Crippen LogP) is 4.64. The molecule has 0 bridgehead atoms. The Balaban J connectivity index is 2.53. The van der Waals surface area contributed by atoms with Gasteiger partial charge in [0, 0.05) is 18.4 Å².